The topological polar surface area (TPSA) is 32.8 Å². The lowest BCUT2D eigenvalue weighted by Gasteiger charge is -2.36. The first-order valence-electron chi connectivity index (χ1n) is 8.52. The van der Waals surface area contributed by atoms with Crippen LogP contribution < -0.4 is 4.90 Å². The van der Waals surface area contributed by atoms with E-state index in [2.05, 4.69) is 34.1 Å². The lowest BCUT2D eigenvalue weighted by molar-refractivity contribution is -0.132. The van der Waals surface area contributed by atoms with Gasteiger partial charge in [-0.1, -0.05) is 12.1 Å². The summed E-state index contributed by atoms with van der Waals surface area (Å²) in [5, 5.41) is 0. The zero-order valence-corrected chi connectivity index (χ0v) is 13.0. The minimum absolute atomic E-state index is 0.311. The summed E-state index contributed by atoms with van der Waals surface area (Å²) in [5.41, 5.74) is 2.37. The summed E-state index contributed by atoms with van der Waals surface area (Å²) in [4.78, 5) is 17.0. The number of carbonyl (C=O) groups excluding carboxylic acids is 1. The maximum Gasteiger partial charge on any atom is 0.227 e. The molecule has 1 aromatic carbocycles. The number of likely N-dealkylation sites (tertiary alicyclic amines) is 1. The van der Waals surface area contributed by atoms with E-state index in [1.54, 1.807) is 0 Å². The highest BCUT2D eigenvalue weighted by Crippen LogP contribution is 2.40. The fourth-order valence-electron chi connectivity index (χ4n) is 4.00. The lowest BCUT2D eigenvalue weighted by atomic mass is 9.80. The molecule has 3 fully saturated rings. The summed E-state index contributed by atoms with van der Waals surface area (Å²) < 4.78 is 5.39. The Morgan fingerprint density at radius 2 is 1.82 bits per heavy atom. The van der Waals surface area contributed by atoms with Gasteiger partial charge in [0.05, 0.1) is 19.6 Å². The summed E-state index contributed by atoms with van der Waals surface area (Å²) >= 11 is 0. The van der Waals surface area contributed by atoms with Crippen molar-refractivity contribution >= 4 is 11.6 Å². The molecule has 1 saturated carbocycles. The van der Waals surface area contributed by atoms with Crippen LogP contribution in [-0.4, -0.2) is 49.7 Å². The second kappa shape index (κ2) is 5.92. The van der Waals surface area contributed by atoms with E-state index in [1.165, 1.54) is 24.9 Å². The largest absolute Gasteiger partial charge is 0.378 e. The number of benzene rings is 1. The van der Waals surface area contributed by atoms with Gasteiger partial charge in [-0.25, -0.2) is 0 Å². The standard InChI is InChI=1S/C18H24N2O2/c21-18(20-8-7-15-3-6-17(15)20)13-14-1-4-16(5-2-14)19-9-11-22-12-10-19/h1-2,4-5,15,17H,3,6-13H2/t15-,17-/m0/s1. The number of rotatable bonds is 3. The van der Waals surface area contributed by atoms with Crippen molar-refractivity contribution in [3.8, 4) is 0 Å². The van der Waals surface area contributed by atoms with Crippen molar-refractivity contribution in [1.82, 2.24) is 4.90 Å². The third kappa shape index (κ3) is 2.60. The van der Waals surface area contributed by atoms with E-state index in [-0.39, 0.29) is 0 Å². The molecule has 4 rings (SSSR count). The molecule has 1 amide bonds. The number of nitrogens with zero attached hydrogens (tertiary/aromatic N) is 2. The first-order chi connectivity index (χ1) is 10.8. The monoisotopic (exact) mass is 300 g/mol. The summed E-state index contributed by atoms with van der Waals surface area (Å²) in [7, 11) is 0. The molecule has 2 heterocycles. The summed E-state index contributed by atoms with van der Waals surface area (Å²) in [5.74, 6) is 1.11. The van der Waals surface area contributed by atoms with Crippen LogP contribution in [0.25, 0.3) is 0 Å². The van der Waals surface area contributed by atoms with Gasteiger partial charge < -0.3 is 14.5 Å². The molecule has 0 bridgehead atoms. The second-order valence-corrected chi connectivity index (χ2v) is 6.72. The number of carbonyl (C=O) groups is 1. The van der Waals surface area contributed by atoms with Crippen LogP contribution in [0.1, 0.15) is 24.8 Å². The molecular weight excluding hydrogens is 276 g/mol. The Bertz CT molecular complexity index is 537. The van der Waals surface area contributed by atoms with E-state index in [0.29, 0.717) is 18.4 Å². The zero-order chi connectivity index (χ0) is 14.9. The van der Waals surface area contributed by atoms with Gasteiger partial charge >= 0.3 is 0 Å². The summed E-state index contributed by atoms with van der Waals surface area (Å²) in [6, 6.07) is 9.06. The predicted molar refractivity (Wildman–Crippen MR) is 86.0 cm³/mol. The van der Waals surface area contributed by atoms with Crippen LogP contribution in [0.5, 0.6) is 0 Å². The van der Waals surface area contributed by atoms with Gasteiger partial charge in [-0.15, -0.1) is 0 Å². The fraction of sp³-hybridized carbons (Fsp3) is 0.611. The molecule has 1 aromatic rings. The van der Waals surface area contributed by atoms with Gasteiger partial charge in [-0.3, -0.25) is 4.79 Å². The Morgan fingerprint density at radius 3 is 2.45 bits per heavy atom. The third-order valence-electron chi connectivity index (χ3n) is 5.51. The molecule has 2 aliphatic heterocycles. The summed E-state index contributed by atoms with van der Waals surface area (Å²) in [6.45, 7) is 4.49. The van der Waals surface area contributed by atoms with Gasteiger partial charge in [0.15, 0.2) is 0 Å². The maximum atomic E-state index is 12.5. The van der Waals surface area contributed by atoms with Crippen LogP contribution in [0.3, 0.4) is 0 Å². The van der Waals surface area contributed by atoms with Crippen LogP contribution in [-0.2, 0) is 16.0 Å². The SMILES string of the molecule is O=C(Cc1ccc(N2CCOCC2)cc1)N1CC[C@@H]2CC[C@@H]21. The molecular formula is C18H24N2O2. The van der Waals surface area contributed by atoms with Gasteiger partial charge in [0.1, 0.15) is 0 Å². The van der Waals surface area contributed by atoms with Gasteiger partial charge in [-0.2, -0.15) is 0 Å². The second-order valence-electron chi connectivity index (χ2n) is 6.72. The Kier molecular flexibility index (Phi) is 3.78. The quantitative estimate of drug-likeness (QED) is 0.857. The number of amides is 1. The Morgan fingerprint density at radius 1 is 1.05 bits per heavy atom. The fourth-order valence-corrected chi connectivity index (χ4v) is 4.00. The number of fused-ring (bicyclic) bond motifs is 1. The molecule has 2 saturated heterocycles. The van der Waals surface area contributed by atoms with Crippen molar-refractivity contribution in [2.24, 2.45) is 5.92 Å². The molecule has 4 nitrogen and oxygen atoms in total. The van der Waals surface area contributed by atoms with Crippen molar-refractivity contribution < 1.29 is 9.53 Å². The van der Waals surface area contributed by atoms with Crippen LogP contribution >= 0.6 is 0 Å². The van der Waals surface area contributed by atoms with Gasteiger partial charge in [0, 0.05) is 31.4 Å². The third-order valence-corrected chi connectivity index (χ3v) is 5.51. The first-order valence-corrected chi connectivity index (χ1v) is 8.52. The Labute approximate surface area is 132 Å². The molecule has 3 aliphatic rings. The molecule has 2 atom stereocenters. The van der Waals surface area contributed by atoms with Crippen LogP contribution in [0, 0.1) is 5.92 Å². The average molecular weight is 300 g/mol. The highest BCUT2D eigenvalue weighted by molar-refractivity contribution is 5.79. The highest BCUT2D eigenvalue weighted by Gasteiger charge is 2.42. The smallest absolute Gasteiger partial charge is 0.227 e. The van der Waals surface area contributed by atoms with Crippen molar-refractivity contribution in [3.63, 3.8) is 0 Å². The molecule has 4 heteroatoms. The molecule has 0 aromatic heterocycles. The number of anilines is 1. The van der Waals surface area contributed by atoms with E-state index >= 15 is 0 Å². The molecule has 0 spiro atoms. The Hall–Kier alpha value is -1.55. The first kappa shape index (κ1) is 14.1. The van der Waals surface area contributed by atoms with Gasteiger partial charge in [-0.05, 0) is 42.9 Å². The molecule has 1 aliphatic carbocycles. The predicted octanol–water partition coefficient (Wildman–Crippen LogP) is 2.08. The van der Waals surface area contributed by atoms with E-state index in [1.807, 2.05) is 0 Å². The van der Waals surface area contributed by atoms with Crippen LogP contribution in [0.15, 0.2) is 24.3 Å². The van der Waals surface area contributed by atoms with Crippen molar-refractivity contribution in [3.05, 3.63) is 29.8 Å². The van der Waals surface area contributed by atoms with Crippen molar-refractivity contribution in [2.75, 3.05) is 37.7 Å². The molecule has 22 heavy (non-hydrogen) atoms. The van der Waals surface area contributed by atoms with E-state index in [0.717, 1.165) is 44.3 Å². The molecule has 0 unspecified atom stereocenters. The van der Waals surface area contributed by atoms with E-state index in [4.69, 9.17) is 4.74 Å². The lowest BCUT2D eigenvalue weighted by Crippen LogP contribution is -2.43. The minimum atomic E-state index is 0.311. The number of ether oxygens (including phenoxy) is 1. The number of hydrogen-bond donors (Lipinski definition) is 0. The van der Waals surface area contributed by atoms with E-state index < -0.39 is 0 Å². The minimum Gasteiger partial charge on any atom is -0.378 e. The summed E-state index contributed by atoms with van der Waals surface area (Å²) in [6.07, 6.45) is 4.30. The number of hydrogen-bond acceptors (Lipinski definition) is 3. The van der Waals surface area contributed by atoms with Crippen LogP contribution in [0.4, 0.5) is 5.69 Å². The zero-order valence-electron chi connectivity index (χ0n) is 13.0. The number of morpholine rings is 1. The maximum absolute atomic E-state index is 12.5. The van der Waals surface area contributed by atoms with E-state index in [9.17, 15) is 4.79 Å². The van der Waals surface area contributed by atoms with Crippen LogP contribution in [0.2, 0.25) is 0 Å². The van der Waals surface area contributed by atoms with Crippen molar-refractivity contribution in [2.45, 2.75) is 31.7 Å². The molecule has 0 radical (unpaired) electrons. The molecule has 0 N–H and O–H groups in total. The Balaban J connectivity index is 1.37. The molecule has 118 valence electrons. The highest BCUT2D eigenvalue weighted by atomic mass is 16.5. The van der Waals surface area contributed by atoms with Gasteiger partial charge in [0.2, 0.25) is 5.91 Å². The average Bonchev–Trinajstić information content (AvgIpc) is 2.83. The van der Waals surface area contributed by atoms with Crippen molar-refractivity contribution in [1.29, 1.82) is 0 Å². The normalized spacial score (nSPS) is 27.5. The van der Waals surface area contributed by atoms with Gasteiger partial charge in [0.25, 0.3) is 0 Å².